The molecule has 0 spiro atoms. The number of fused-ring (bicyclic) bond motifs is 3. The van der Waals surface area contributed by atoms with Gasteiger partial charge in [0.25, 0.3) is 0 Å². The van der Waals surface area contributed by atoms with Crippen molar-refractivity contribution in [3.8, 4) is 17.3 Å². The van der Waals surface area contributed by atoms with Crippen molar-refractivity contribution in [1.82, 2.24) is 29.1 Å². The van der Waals surface area contributed by atoms with E-state index < -0.39 is 0 Å². The monoisotopic (exact) mass is 350 g/mol. The minimum atomic E-state index is -0.320. The number of nitrogens with zero attached hydrogens (tertiary/aromatic N) is 6. The van der Waals surface area contributed by atoms with Gasteiger partial charge in [0.1, 0.15) is 23.3 Å². The van der Waals surface area contributed by atoms with Crippen molar-refractivity contribution in [2.45, 2.75) is 26.4 Å². The molecule has 0 atom stereocenters. The van der Waals surface area contributed by atoms with Gasteiger partial charge in [-0.1, -0.05) is 12.1 Å². The minimum absolute atomic E-state index is 0.0427. The minimum Gasteiger partial charge on any atom is -0.497 e. The summed E-state index contributed by atoms with van der Waals surface area (Å²) >= 11 is 0. The Morgan fingerprint density at radius 2 is 1.88 bits per heavy atom. The summed E-state index contributed by atoms with van der Waals surface area (Å²) in [5.74, 6) is 1.31. The lowest BCUT2D eigenvalue weighted by Crippen LogP contribution is -2.18. The molecular formula is C18H18N6O2. The molecule has 0 N–H and O–H groups in total. The molecule has 0 radical (unpaired) electrons. The molecule has 8 heteroatoms. The number of ether oxygens (including phenoxy) is 1. The van der Waals surface area contributed by atoms with Crippen LogP contribution in [0.25, 0.3) is 22.7 Å². The largest absolute Gasteiger partial charge is 0.497 e. The van der Waals surface area contributed by atoms with Crippen molar-refractivity contribution < 1.29 is 4.74 Å². The maximum atomic E-state index is 12.2. The van der Waals surface area contributed by atoms with Crippen molar-refractivity contribution in [3.63, 3.8) is 0 Å². The van der Waals surface area contributed by atoms with Crippen LogP contribution in [0.2, 0.25) is 0 Å². The number of hydrogen-bond acceptors (Lipinski definition) is 6. The van der Waals surface area contributed by atoms with Gasteiger partial charge in [-0.3, -0.25) is 4.57 Å². The Hall–Kier alpha value is -3.29. The van der Waals surface area contributed by atoms with Crippen LogP contribution in [0.15, 0.2) is 41.7 Å². The maximum absolute atomic E-state index is 12.2. The number of methoxy groups -OCH3 is 1. The zero-order chi connectivity index (χ0) is 18.3. The molecule has 0 fully saturated rings. The first-order valence-electron chi connectivity index (χ1n) is 8.29. The van der Waals surface area contributed by atoms with Crippen molar-refractivity contribution in [3.05, 3.63) is 53.0 Å². The smallest absolute Gasteiger partial charge is 0.350 e. The highest BCUT2D eigenvalue weighted by molar-refractivity contribution is 5.85. The number of hydrogen-bond donors (Lipinski definition) is 0. The van der Waals surface area contributed by atoms with Crippen LogP contribution in [0, 0.1) is 0 Å². The third kappa shape index (κ3) is 2.59. The van der Waals surface area contributed by atoms with Gasteiger partial charge in [0, 0.05) is 6.04 Å². The Labute approximate surface area is 149 Å². The van der Waals surface area contributed by atoms with Gasteiger partial charge in [-0.25, -0.2) is 19.7 Å². The van der Waals surface area contributed by atoms with Crippen LogP contribution in [-0.2, 0) is 6.54 Å². The SMILES string of the molecule is COc1ccc(Cn2cnc3c4nc(=O)n(C(C)C)c-4ncnc32)cc1. The Morgan fingerprint density at radius 1 is 1.12 bits per heavy atom. The molecule has 0 aliphatic carbocycles. The first-order valence-corrected chi connectivity index (χ1v) is 8.29. The molecule has 1 aromatic carbocycles. The Kier molecular flexibility index (Phi) is 3.87. The fourth-order valence-electron chi connectivity index (χ4n) is 3.01. The lowest BCUT2D eigenvalue weighted by molar-refractivity contribution is 0.414. The molecule has 1 aromatic heterocycles. The van der Waals surface area contributed by atoms with E-state index in [1.807, 2.05) is 42.7 Å². The van der Waals surface area contributed by atoms with Crippen LogP contribution in [0.4, 0.5) is 0 Å². The Bertz CT molecular complexity index is 1100. The van der Waals surface area contributed by atoms with E-state index >= 15 is 0 Å². The van der Waals surface area contributed by atoms with Gasteiger partial charge in [-0.15, -0.1) is 0 Å². The average Bonchev–Trinajstić information content (AvgIpc) is 3.11. The van der Waals surface area contributed by atoms with Crippen LogP contribution in [0.1, 0.15) is 25.5 Å². The standard InChI is InChI=1S/C18H18N6O2/c1-11(2)24-17-15(22-18(24)25)14-16(19-9-20-17)23(10-21-14)8-12-4-6-13(26-3)7-5-12/h4-7,9-11H,8H2,1-3H3. The van der Waals surface area contributed by atoms with E-state index in [1.165, 1.54) is 6.33 Å². The predicted molar refractivity (Wildman–Crippen MR) is 96.5 cm³/mol. The number of benzene rings is 1. The summed E-state index contributed by atoms with van der Waals surface area (Å²) < 4.78 is 8.66. The molecule has 0 amide bonds. The van der Waals surface area contributed by atoms with Crippen LogP contribution >= 0.6 is 0 Å². The second-order valence-electron chi connectivity index (χ2n) is 6.30. The first kappa shape index (κ1) is 16.2. The van der Waals surface area contributed by atoms with E-state index in [-0.39, 0.29) is 11.7 Å². The molecule has 26 heavy (non-hydrogen) atoms. The Morgan fingerprint density at radius 3 is 2.58 bits per heavy atom. The molecule has 132 valence electrons. The van der Waals surface area contributed by atoms with E-state index in [2.05, 4.69) is 19.9 Å². The summed E-state index contributed by atoms with van der Waals surface area (Å²) in [5.41, 5.74) is 2.45. The quantitative estimate of drug-likeness (QED) is 0.560. The highest BCUT2D eigenvalue weighted by Crippen LogP contribution is 2.25. The van der Waals surface area contributed by atoms with Gasteiger partial charge >= 0.3 is 5.69 Å². The first-order chi connectivity index (χ1) is 12.6. The summed E-state index contributed by atoms with van der Waals surface area (Å²) in [5, 5.41) is 0. The van der Waals surface area contributed by atoms with Gasteiger partial charge in [0.2, 0.25) is 0 Å². The van der Waals surface area contributed by atoms with E-state index in [0.29, 0.717) is 29.2 Å². The summed E-state index contributed by atoms with van der Waals surface area (Å²) in [4.78, 5) is 29.6. The fourth-order valence-corrected chi connectivity index (χ4v) is 3.01. The number of imidazole rings is 2. The van der Waals surface area contributed by atoms with E-state index in [0.717, 1.165) is 11.3 Å². The van der Waals surface area contributed by atoms with Crippen LogP contribution in [0.5, 0.6) is 5.75 Å². The highest BCUT2D eigenvalue weighted by atomic mass is 16.5. The van der Waals surface area contributed by atoms with E-state index in [9.17, 15) is 4.79 Å². The molecule has 2 aliphatic rings. The van der Waals surface area contributed by atoms with Crippen molar-refractivity contribution in [1.29, 1.82) is 0 Å². The van der Waals surface area contributed by atoms with Gasteiger partial charge in [-0.2, -0.15) is 4.98 Å². The van der Waals surface area contributed by atoms with E-state index in [1.54, 1.807) is 18.0 Å². The van der Waals surface area contributed by atoms with Crippen LogP contribution < -0.4 is 10.4 Å². The molecule has 0 bridgehead atoms. The second kappa shape index (κ2) is 6.21. The average molecular weight is 350 g/mol. The maximum Gasteiger partial charge on any atom is 0.350 e. The molecule has 2 aromatic rings. The third-order valence-electron chi connectivity index (χ3n) is 4.28. The van der Waals surface area contributed by atoms with Gasteiger partial charge in [-0.05, 0) is 31.5 Å². The molecular weight excluding hydrogens is 332 g/mol. The normalized spacial score (nSPS) is 11.5. The highest BCUT2D eigenvalue weighted by Gasteiger charge is 2.22. The van der Waals surface area contributed by atoms with Gasteiger partial charge in [0.15, 0.2) is 11.5 Å². The zero-order valence-electron chi connectivity index (χ0n) is 14.7. The molecule has 0 saturated carbocycles. The van der Waals surface area contributed by atoms with Gasteiger partial charge < -0.3 is 9.30 Å². The van der Waals surface area contributed by atoms with Gasteiger partial charge in [0.05, 0.1) is 20.0 Å². The lowest BCUT2D eigenvalue weighted by atomic mass is 10.2. The molecule has 4 rings (SSSR count). The molecule has 3 heterocycles. The summed E-state index contributed by atoms with van der Waals surface area (Å²) in [6, 6.07) is 7.76. The predicted octanol–water partition coefficient (Wildman–Crippen LogP) is 2.13. The summed E-state index contributed by atoms with van der Waals surface area (Å²) in [6.07, 6.45) is 3.16. The Balaban J connectivity index is 1.81. The molecule has 0 saturated heterocycles. The second-order valence-corrected chi connectivity index (χ2v) is 6.30. The third-order valence-corrected chi connectivity index (χ3v) is 4.28. The topological polar surface area (TPSA) is 87.7 Å². The molecule has 2 aliphatic heterocycles. The van der Waals surface area contributed by atoms with Crippen LogP contribution in [-0.4, -0.2) is 36.2 Å². The number of rotatable bonds is 4. The van der Waals surface area contributed by atoms with Crippen molar-refractivity contribution >= 4 is 11.2 Å². The lowest BCUT2D eigenvalue weighted by Gasteiger charge is -2.05. The summed E-state index contributed by atoms with van der Waals surface area (Å²) in [6.45, 7) is 4.43. The molecule has 8 nitrogen and oxygen atoms in total. The van der Waals surface area contributed by atoms with E-state index in [4.69, 9.17) is 4.74 Å². The fraction of sp³-hybridized carbons (Fsp3) is 0.278. The van der Waals surface area contributed by atoms with Crippen molar-refractivity contribution in [2.75, 3.05) is 7.11 Å². The van der Waals surface area contributed by atoms with Crippen molar-refractivity contribution in [2.24, 2.45) is 0 Å². The number of aromatic nitrogens is 6. The molecule has 0 unspecified atom stereocenters. The zero-order valence-corrected chi connectivity index (χ0v) is 14.7. The van der Waals surface area contributed by atoms with Crippen LogP contribution in [0.3, 0.4) is 0 Å². The summed E-state index contributed by atoms with van der Waals surface area (Å²) in [7, 11) is 1.64.